The highest BCUT2D eigenvalue weighted by molar-refractivity contribution is 6.04. The molecule has 1 amide bonds. The second-order valence-corrected chi connectivity index (χ2v) is 4.18. The largest absolute Gasteiger partial charge is 0.384 e. The van der Waals surface area contributed by atoms with Gasteiger partial charge in [-0.2, -0.15) is 0 Å². The zero-order chi connectivity index (χ0) is 14.4. The topological polar surface area (TPSA) is 62.2 Å². The molecule has 1 heterocycles. The van der Waals surface area contributed by atoms with Gasteiger partial charge in [0.15, 0.2) is 0 Å². The molecule has 0 aliphatic carbocycles. The van der Waals surface area contributed by atoms with Crippen LogP contribution in [0.25, 0.3) is 0 Å². The molecule has 0 aliphatic heterocycles. The van der Waals surface area contributed by atoms with E-state index >= 15 is 0 Å². The van der Waals surface area contributed by atoms with Crippen LogP contribution in [0.15, 0.2) is 42.6 Å². The van der Waals surface area contributed by atoms with Crippen molar-refractivity contribution in [3.63, 3.8) is 0 Å². The van der Waals surface area contributed by atoms with Gasteiger partial charge in [-0.15, -0.1) is 0 Å². The van der Waals surface area contributed by atoms with Gasteiger partial charge in [0.2, 0.25) is 0 Å². The van der Waals surface area contributed by atoms with Crippen LogP contribution in [0.4, 0.5) is 5.69 Å². The predicted molar refractivity (Wildman–Crippen MR) is 77.3 cm³/mol. The summed E-state index contributed by atoms with van der Waals surface area (Å²) in [6.07, 6.45) is 1.54. The molecular weight excluding hydrogens is 252 g/mol. The molecule has 0 spiro atoms. The van der Waals surface area contributed by atoms with Gasteiger partial charge >= 0.3 is 0 Å². The number of hydrogen-bond acceptors (Lipinski definition) is 3. The van der Waals surface area contributed by atoms with Gasteiger partial charge in [0.1, 0.15) is 6.61 Å². The van der Waals surface area contributed by atoms with Crippen molar-refractivity contribution in [2.45, 2.75) is 6.92 Å². The molecule has 0 radical (unpaired) electrons. The summed E-state index contributed by atoms with van der Waals surface area (Å²) in [6, 6.07) is 10.7. The number of pyridine rings is 1. The summed E-state index contributed by atoms with van der Waals surface area (Å²) < 4.78 is 0. The summed E-state index contributed by atoms with van der Waals surface area (Å²) >= 11 is 0. The number of anilines is 1. The van der Waals surface area contributed by atoms with Crippen LogP contribution in [0, 0.1) is 18.8 Å². The number of aliphatic hydroxyl groups is 1. The van der Waals surface area contributed by atoms with E-state index in [0.717, 1.165) is 11.3 Å². The zero-order valence-electron chi connectivity index (χ0n) is 11.1. The van der Waals surface area contributed by atoms with Crippen molar-refractivity contribution in [1.82, 2.24) is 4.98 Å². The molecule has 0 aliphatic rings. The lowest BCUT2D eigenvalue weighted by Crippen LogP contribution is -2.12. The van der Waals surface area contributed by atoms with E-state index in [2.05, 4.69) is 22.1 Å². The summed E-state index contributed by atoms with van der Waals surface area (Å²) in [6.45, 7) is 1.68. The van der Waals surface area contributed by atoms with E-state index in [9.17, 15) is 4.79 Å². The minimum Gasteiger partial charge on any atom is -0.384 e. The van der Waals surface area contributed by atoms with Gasteiger partial charge in [-0.1, -0.05) is 17.9 Å². The number of rotatable bonds is 2. The number of aliphatic hydroxyl groups excluding tert-OH is 1. The number of benzene rings is 1. The molecule has 2 N–H and O–H groups in total. The second kappa shape index (κ2) is 6.50. The summed E-state index contributed by atoms with van der Waals surface area (Å²) in [5.41, 5.74) is 2.75. The maximum atomic E-state index is 12.0. The van der Waals surface area contributed by atoms with Gasteiger partial charge in [0.25, 0.3) is 5.91 Å². The molecular formula is C16H14N2O2. The summed E-state index contributed by atoms with van der Waals surface area (Å²) in [5.74, 6) is 5.14. The SMILES string of the molecule is Cc1ccc(C(=O)Nc2cccc(C#CCO)c2)cn1. The molecule has 0 atom stereocenters. The maximum absolute atomic E-state index is 12.0. The molecule has 1 aromatic heterocycles. The quantitative estimate of drug-likeness (QED) is 0.817. The molecule has 0 fully saturated rings. The molecule has 4 heteroatoms. The minimum absolute atomic E-state index is 0.189. The fourth-order valence-electron chi connectivity index (χ4n) is 1.62. The van der Waals surface area contributed by atoms with E-state index in [1.54, 1.807) is 36.5 Å². The van der Waals surface area contributed by atoms with Gasteiger partial charge in [0.05, 0.1) is 5.56 Å². The van der Waals surface area contributed by atoms with Crippen LogP contribution < -0.4 is 5.32 Å². The molecule has 4 nitrogen and oxygen atoms in total. The lowest BCUT2D eigenvalue weighted by Gasteiger charge is -2.05. The van der Waals surface area contributed by atoms with Crippen LogP contribution in [0.1, 0.15) is 21.6 Å². The normalized spacial score (nSPS) is 9.50. The number of carbonyl (C=O) groups excluding carboxylic acids is 1. The van der Waals surface area contributed by atoms with E-state index in [1.807, 2.05) is 13.0 Å². The van der Waals surface area contributed by atoms with E-state index in [4.69, 9.17) is 5.11 Å². The van der Waals surface area contributed by atoms with Gasteiger partial charge in [-0.05, 0) is 37.3 Å². The second-order valence-electron chi connectivity index (χ2n) is 4.18. The van der Waals surface area contributed by atoms with Gasteiger partial charge in [-0.3, -0.25) is 9.78 Å². The summed E-state index contributed by atoms with van der Waals surface area (Å²) in [4.78, 5) is 16.1. The first kappa shape index (κ1) is 13.8. The van der Waals surface area contributed by atoms with Crippen molar-refractivity contribution in [3.05, 3.63) is 59.4 Å². The predicted octanol–water partition coefficient (Wildman–Crippen LogP) is 1.99. The van der Waals surface area contributed by atoms with Crippen molar-refractivity contribution in [3.8, 4) is 11.8 Å². The number of aromatic nitrogens is 1. The molecule has 2 rings (SSSR count). The third-order valence-electron chi connectivity index (χ3n) is 2.61. The molecule has 100 valence electrons. The van der Waals surface area contributed by atoms with Crippen LogP contribution in [-0.2, 0) is 0 Å². The first-order valence-corrected chi connectivity index (χ1v) is 6.13. The zero-order valence-corrected chi connectivity index (χ0v) is 11.1. The lowest BCUT2D eigenvalue weighted by molar-refractivity contribution is 0.102. The molecule has 0 saturated carbocycles. The molecule has 20 heavy (non-hydrogen) atoms. The van der Waals surface area contributed by atoms with Crippen molar-refractivity contribution in [2.24, 2.45) is 0 Å². The molecule has 0 bridgehead atoms. The number of nitrogens with zero attached hydrogens (tertiary/aromatic N) is 1. The summed E-state index contributed by atoms with van der Waals surface area (Å²) in [7, 11) is 0. The van der Waals surface area contributed by atoms with Crippen LogP contribution in [0.5, 0.6) is 0 Å². The average molecular weight is 266 g/mol. The van der Waals surface area contributed by atoms with Crippen molar-refractivity contribution >= 4 is 11.6 Å². The number of aryl methyl sites for hydroxylation is 1. The Morgan fingerprint density at radius 3 is 2.90 bits per heavy atom. The fourth-order valence-corrected chi connectivity index (χ4v) is 1.62. The van der Waals surface area contributed by atoms with Crippen molar-refractivity contribution in [1.29, 1.82) is 0 Å². The molecule has 0 saturated heterocycles. The van der Waals surface area contributed by atoms with Crippen LogP contribution >= 0.6 is 0 Å². The first-order valence-electron chi connectivity index (χ1n) is 6.13. The Bertz CT molecular complexity index is 667. The molecule has 2 aromatic rings. The maximum Gasteiger partial charge on any atom is 0.257 e. The standard InChI is InChI=1S/C16H14N2O2/c1-12-7-8-14(11-17-12)16(20)18-15-6-2-4-13(10-15)5-3-9-19/h2,4,6-8,10-11,19H,9H2,1H3,(H,18,20). The first-order chi connectivity index (χ1) is 9.69. The Morgan fingerprint density at radius 2 is 2.20 bits per heavy atom. The van der Waals surface area contributed by atoms with Crippen molar-refractivity contribution in [2.75, 3.05) is 11.9 Å². The number of amides is 1. The van der Waals surface area contributed by atoms with Gasteiger partial charge in [0, 0.05) is 23.1 Å². The monoisotopic (exact) mass is 266 g/mol. The van der Waals surface area contributed by atoms with Crippen molar-refractivity contribution < 1.29 is 9.90 Å². The third-order valence-corrected chi connectivity index (χ3v) is 2.61. The molecule has 0 unspecified atom stereocenters. The fraction of sp³-hybridized carbons (Fsp3) is 0.125. The van der Waals surface area contributed by atoms with Gasteiger partial charge < -0.3 is 10.4 Å². The Kier molecular flexibility index (Phi) is 4.48. The number of hydrogen-bond donors (Lipinski definition) is 2. The Labute approximate surface area is 117 Å². The van der Waals surface area contributed by atoms with E-state index < -0.39 is 0 Å². The highest BCUT2D eigenvalue weighted by atomic mass is 16.2. The van der Waals surface area contributed by atoms with E-state index in [0.29, 0.717) is 11.3 Å². The summed E-state index contributed by atoms with van der Waals surface area (Å²) in [5, 5.41) is 11.4. The highest BCUT2D eigenvalue weighted by Crippen LogP contribution is 2.11. The Morgan fingerprint density at radius 1 is 1.35 bits per heavy atom. The van der Waals surface area contributed by atoms with E-state index in [1.165, 1.54) is 0 Å². The Hall–Kier alpha value is -2.64. The number of nitrogens with one attached hydrogen (secondary N) is 1. The number of carbonyl (C=O) groups is 1. The lowest BCUT2D eigenvalue weighted by atomic mass is 10.2. The van der Waals surface area contributed by atoms with Crippen LogP contribution in [-0.4, -0.2) is 22.6 Å². The highest BCUT2D eigenvalue weighted by Gasteiger charge is 2.06. The molecule has 1 aromatic carbocycles. The van der Waals surface area contributed by atoms with E-state index in [-0.39, 0.29) is 12.5 Å². The van der Waals surface area contributed by atoms with Gasteiger partial charge in [-0.25, -0.2) is 0 Å². The van der Waals surface area contributed by atoms with Crippen LogP contribution in [0.2, 0.25) is 0 Å². The van der Waals surface area contributed by atoms with Crippen LogP contribution in [0.3, 0.4) is 0 Å². The third kappa shape index (κ3) is 3.67. The Balaban J connectivity index is 2.13. The average Bonchev–Trinajstić information content (AvgIpc) is 2.46. The minimum atomic E-state index is -0.218. The smallest absolute Gasteiger partial charge is 0.257 e.